The van der Waals surface area contributed by atoms with Crippen molar-refractivity contribution < 1.29 is 0 Å². The number of nitrogens with one attached hydrogen (secondary N) is 3. The van der Waals surface area contributed by atoms with Crippen LogP contribution in [0.3, 0.4) is 0 Å². The van der Waals surface area contributed by atoms with Crippen LogP contribution >= 0.6 is 11.6 Å². The van der Waals surface area contributed by atoms with E-state index in [1.54, 1.807) is 0 Å². The number of imidazole rings is 1. The van der Waals surface area contributed by atoms with Crippen molar-refractivity contribution in [1.29, 1.82) is 0 Å². The average Bonchev–Trinajstić information content (AvgIpc) is 2.58. The first-order chi connectivity index (χ1) is 5.77. The third-order valence-corrected chi connectivity index (χ3v) is 2.47. The fourth-order valence-corrected chi connectivity index (χ4v) is 1.85. The Morgan fingerprint density at radius 1 is 1.42 bits per heavy atom. The second-order valence-electron chi connectivity index (χ2n) is 3.00. The minimum absolute atomic E-state index is 0.220. The van der Waals surface area contributed by atoms with E-state index in [4.69, 9.17) is 11.6 Å². The third kappa shape index (κ3) is 1.28. The summed E-state index contributed by atoms with van der Waals surface area (Å²) >= 11 is 5.81. The van der Waals surface area contributed by atoms with Crippen LogP contribution in [0.15, 0.2) is 4.79 Å². The van der Waals surface area contributed by atoms with Crippen molar-refractivity contribution in [1.82, 2.24) is 15.3 Å². The van der Waals surface area contributed by atoms with Crippen LogP contribution < -0.4 is 11.0 Å². The summed E-state index contributed by atoms with van der Waals surface area (Å²) in [7, 11) is 0. The fraction of sp³-hybridized carbons (Fsp3) is 0.571. The second kappa shape index (κ2) is 2.95. The molecule has 66 valence electrons. The molecule has 0 spiro atoms. The summed E-state index contributed by atoms with van der Waals surface area (Å²) in [6.45, 7) is 1.89. The Bertz CT molecular complexity index is 324. The molecule has 4 nitrogen and oxygen atoms in total. The third-order valence-electron chi connectivity index (χ3n) is 2.18. The van der Waals surface area contributed by atoms with E-state index in [0.29, 0.717) is 11.1 Å². The molecule has 1 aliphatic heterocycles. The molecule has 2 rings (SSSR count). The van der Waals surface area contributed by atoms with Crippen LogP contribution in [0.2, 0.25) is 5.15 Å². The number of rotatable bonds is 1. The van der Waals surface area contributed by atoms with E-state index in [9.17, 15) is 4.79 Å². The number of hydrogen-bond donors (Lipinski definition) is 3. The van der Waals surface area contributed by atoms with Crippen LogP contribution in [0.25, 0.3) is 0 Å². The van der Waals surface area contributed by atoms with E-state index in [2.05, 4.69) is 15.3 Å². The minimum Gasteiger partial charge on any atom is -0.316 e. The highest BCUT2D eigenvalue weighted by molar-refractivity contribution is 6.30. The molecule has 0 bridgehead atoms. The first-order valence-corrected chi connectivity index (χ1v) is 4.33. The van der Waals surface area contributed by atoms with Crippen LogP contribution in [-0.4, -0.2) is 23.1 Å². The number of hydrogen-bond acceptors (Lipinski definition) is 2. The largest absolute Gasteiger partial charge is 0.324 e. The zero-order valence-electron chi connectivity index (χ0n) is 6.48. The molecule has 1 atom stereocenters. The summed E-state index contributed by atoms with van der Waals surface area (Å²) in [5.41, 5.74) is 0.619. The van der Waals surface area contributed by atoms with Gasteiger partial charge >= 0.3 is 5.69 Å². The van der Waals surface area contributed by atoms with Gasteiger partial charge in [-0.1, -0.05) is 11.6 Å². The molecular formula is C7H10ClN3O. The van der Waals surface area contributed by atoms with Crippen molar-refractivity contribution >= 4 is 11.6 Å². The topological polar surface area (TPSA) is 60.7 Å². The van der Waals surface area contributed by atoms with Crippen LogP contribution in [0.5, 0.6) is 0 Å². The van der Waals surface area contributed by atoms with Crippen LogP contribution in [0.1, 0.15) is 18.0 Å². The Morgan fingerprint density at radius 2 is 2.25 bits per heavy atom. The highest BCUT2D eigenvalue weighted by Gasteiger charge is 2.20. The van der Waals surface area contributed by atoms with E-state index >= 15 is 0 Å². The Kier molecular flexibility index (Phi) is 1.94. The second-order valence-corrected chi connectivity index (χ2v) is 3.37. The molecule has 0 aliphatic carbocycles. The quantitative estimate of drug-likeness (QED) is 0.597. The Balaban J connectivity index is 2.31. The lowest BCUT2D eigenvalue weighted by atomic mass is 10.1. The van der Waals surface area contributed by atoms with Crippen LogP contribution in [0.4, 0.5) is 0 Å². The van der Waals surface area contributed by atoms with Crippen molar-refractivity contribution in [3.05, 3.63) is 21.3 Å². The summed E-state index contributed by atoms with van der Waals surface area (Å²) in [5, 5.41) is 3.67. The van der Waals surface area contributed by atoms with Gasteiger partial charge in [-0.15, -0.1) is 0 Å². The molecule has 12 heavy (non-hydrogen) atoms. The molecule has 0 amide bonds. The smallest absolute Gasteiger partial charge is 0.316 e. The molecule has 1 aliphatic rings. The van der Waals surface area contributed by atoms with Gasteiger partial charge in [-0.2, -0.15) is 0 Å². The van der Waals surface area contributed by atoms with Gasteiger partial charge in [-0.05, 0) is 13.0 Å². The SMILES string of the molecule is O=c1[nH]c(Cl)c(C2CCNC2)[nH]1. The molecule has 0 saturated carbocycles. The standard InChI is InChI=1S/C7H10ClN3O/c8-6-5(10-7(12)11-6)4-1-2-9-3-4/h4,9H,1-3H2,(H2,10,11,12). The highest BCUT2D eigenvalue weighted by Crippen LogP contribution is 2.24. The molecular weight excluding hydrogens is 178 g/mol. The lowest BCUT2D eigenvalue weighted by Gasteiger charge is -2.04. The Labute approximate surface area is 74.3 Å². The summed E-state index contributed by atoms with van der Waals surface area (Å²) in [5.74, 6) is 0.358. The lowest BCUT2D eigenvalue weighted by molar-refractivity contribution is 0.739. The van der Waals surface area contributed by atoms with Crippen molar-refractivity contribution in [3.8, 4) is 0 Å². The van der Waals surface area contributed by atoms with E-state index in [0.717, 1.165) is 25.2 Å². The maximum absolute atomic E-state index is 10.9. The minimum atomic E-state index is -0.220. The van der Waals surface area contributed by atoms with Gasteiger partial charge in [0.1, 0.15) is 5.15 Å². The normalized spacial score (nSPS) is 23.2. The number of aromatic nitrogens is 2. The van der Waals surface area contributed by atoms with Gasteiger partial charge in [-0.25, -0.2) is 4.79 Å². The molecule has 0 radical (unpaired) electrons. The molecule has 1 fully saturated rings. The van der Waals surface area contributed by atoms with Gasteiger partial charge in [0.2, 0.25) is 0 Å². The average molecular weight is 188 g/mol. The molecule has 1 unspecified atom stereocenters. The van der Waals surface area contributed by atoms with Crippen molar-refractivity contribution in [2.24, 2.45) is 0 Å². The van der Waals surface area contributed by atoms with E-state index in [1.165, 1.54) is 0 Å². The van der Waals surface area contributed by atoms with Gasteiger partial charge < -0.3 is 10.3 Å². The van der Waals surface area contributed by atoms with E-state index < -0.39 is 0 Å². The fourth-order valence-electron chi connectivity index (χ4n) is 1.56. The summed E-state index contributed by atoms with van der Waals surface area (Å²) in [6.07, 6.45) is 1.04. The lowest BCUT2D eigenvalue weighted by Crippen LogP contribution is -2.09. The van der Waals surface area contributed by atoms with Gasteiger partial charge in [0.05, 0.1) is 5.69 Å². The van der Waals surface area contributed by atoms with Crippen molar-refractivity contribution in [2.75, 3.05) is 13.1 Å². The molecule has 5 heteroatoms. The summed E-state index contributed by atoms with van der Waals surface area (Å²) in [6, 6.07) is 0. The maximum atomic E-state index is 10.9. The first-order valence-electron chi connectivity index (χ1n) is 3.96. The van der Waals surface area contributed by atoms with Gasteiger partial charge in [0, 0.05) is 12.5 Å². The molecule has 1 saturated heterocycles. The molecule has 1 aromatic heterocycles. The predicted molar refractivity (Wildman–Crippen MR) is 46.7 cm³/mol. The van der Waals surface area contributed by atoms with Crippen molar-refractivity contribution in [3.63, 3.8) is 0 Å². The van der Waals surface area contributed by atoms with Gasteiger partial charge in [-0.3, -0.25) is 4.98 Å². The van der Waals surface area contributed by atoms with Gasteiger partial charge in [0.15, 0.2) is 0 Å². The summed E-state index contributed by atoms with van der Waals surface area (Å²) in [4.78, 5) is 16.1. The molecule has 0 aromatic carbocycles. The Hall–Kier alpha value is -0.740. The van der Waals surface area contributed by atoms with Crippen molar-refractivity contribution in [2.45, 2.75) is 12.3 Å². The van der Waals surface area contributed by atoms with E-state index in [-0.39, 0.29) is 5.69 Å². The predicted octanol–water partition coefficient (Wildman–Crippen LogP) is 0.433. The first kappa shape index (κ1) is 7.89. The number of aromatic amines is 2. The zero-order chi connectivity index (χ0) is 8.55. The highest BCUT2D eigenvalue weighted by atomic mass is 35.5. The van der Waals surface area contributed by atoms with E-state index in [1.807, 2.05) is 0 Å². The van der Waals surface area contributed by atoms with Gasteiger partial charge in [0.25, 0.3) is 0 Å². The molecule has 3 N–H and O–H groups in total. The van der Waals surface area contributed by atoms with Crippen LogP contribution in [0, 0.1) is 0 Å². The molecule has 2 heterocycles. The zero-order valence-corrected chi connectivity index (χ0v) is 7.24. The van der Waals surface area contributed by atoms with Crippen LogP contribution in [-0.2, 0) is 0 Å². The Morgan fingerprint density at radius 3 is 2.75 bits per heavy atom. The maximum Gasteiger partial charge on any atom is 0.324 e. The molecule has 1 aromatic rings. The summed E-state index contributed by atoms with van der Waals surface area (Å²) < 4.78 is 0. The number of halogens is 1. The monoisotopic (exact) mass is 187 g/mol. The number of H-pyrrole nitrogens is 2.